The lowest BCUT2D eigenvalue weighted by Gasteiger charge is -2.31. The van der Waals surface area contributed by atoms with E-state index in [1.807, 2.05) is 6.92 Å². The first kappa shape index (κ1) is 15.8. The quantitative estimate of drug-likeness (QED) is 0.447. The molecule has 0 N–H and O–H groups in total. The van der Waals surface area contributed by atoms with E-state index in [0.717, 1.165) is 30.5 Å². The van der Waals surface area contributed by atoms with Gasteiger partial charge in [-0.1, -0.05) is 6.92 Å². The minimum Gasteiger partial charge on any atom is -1.00 e. The van der Waals surface area contributed by atoms with Crippen molar-refractivity contribution in [3.05, 3.63) is 0 Å². The van der Waals surface area contributed by atoms with Crippen LogP contribution in [0.15, 0.2) is 0 Å². The lowest BCUT2D eigenvalue weighted by molar-refractivity contribution is -0.905. The average Bonchev–Trinajstić information content (AvgIpc) is 2.13. The molecule has 0 aliphatic carbocycles. The summed E-state index contributed by atoms with van der Waals surface area (Å²) in [4.78, 5) is 11.1. The standard InChI is InChI=1S/C10H22NO.HI/c1-5-10(12)8-9-11(4,6-2)7-3;/h5-9H2,1-4H3;1H/q+1;/p-1. The minimum atomic E-state index is 0. The largest absolute Gasteiger partial charge is 1.00 e. The van der Waals surface area contributed by atoms with Crippen LogP contribution in [0.25, 0.3) is 0 Å². The van der Waals surface area contributed by atoms with Crippen LogP contribution in [0.5, 0.6) is 0 Å². The van der Waals surface area contributed by atoms with E-state index >= 15 is 0 Å². The number of Topliss-reactive ketones (excluding diaryl/α,β-unsaturated/α-hetero) is 1. The van der Waals surface area contributed by atoms with Gasteiger partial charge in [-0.2, -0.15) is 0 Å². The van der Waals surface area contributed by atoms with Crippen molar-refractivity contribution in [3.63, 3.8) is 0 Å². The van der Waals surface area contributed by atoms with Gasteiger partial charge in [-0.3, -0.25) is 4.79 Å². The van der Waals surface area contributed by atoms with Crippen molar-refractivity contribution in [2.45, 2.75) is 33.6 Å². The molecule has 0 unspecified atom stereocenters. The Bertz CT molecular complexity index is 144. The molecule has 0 aliphatic heterocycles. The Morgan fingerprint density at radius 2 is 1.62 bits per heavy atom. The molecular formula is C10H22INO. The Morgan fingerprint density at radius 1 is 1.15 bits per heavy atom. The predicted octanol–water partition coefficient (Wildman–Crippen LogP) is -1.15. The fourth-order valence-corrected chi connectivity index (χ4v) is 1.11. The van der Waals surface area contributed by atoms with Gasteiger partial charge >= 0.3 is 0 Å². The third-order valence-electron chi connectivity index (χ3n) is 2.85. The molecule has 0 radical (unpaired) electrons. The summed E-state index contributed by atoms with van der Waals surface area (Å²) in [5, 5.41) is 0. The fourth-order valence-electron chi connectivity index (χ4n) is 1.11. The predicted molar refractivity (Wildman–Crippen MR) is 52.0 cm³/mol. The molecule has 0 saturated carbocycles. The molecule has 0 amide bonds. The Hall–Kier alpha value is 0.360. The second kappa shape index (κ2) is 7.74. The molecule has 0 fully saturated rings. The van der Waals surface area contributed by atoms with Gasteiger partial charge in [0.05, 0.1) is 33.1 Å². The van der Waals surface area contributed by atoms with Gasteiger partial charge in [0.25, 0.3) is 0 Å². The molecule has 0 aromatic heterocycles. The summed E-state index contributed by atoms with van der Waals surface area (Å²) in [5.74, 6) is 0.390. The fraction of sp³-hybridized carbons (Fsp3) is 0.900. The number of hydrogen-bond acceptors (Lipinski definition) is 1. The highest BCUT2D eigenvalue weighted by atomic mass is 127. The van der Waals surface area contributed by atoms with Gasteiger partial charge in [-0.15, -0.1) is 0 Å². The molecule has 0 bridgehead atoms. The summed E-state index contributed by atoms with van der Waals surface area (Å²) < 4.78 is 1.02. The Labute approximate surface area is 99.3 Å². The monoisotopic (exact) mass is 299 g/mol. The number of halogens is 1. The van der Waals surface area contributed by atoms with Gasteiger partial charge in [-0.05, 0) is 13.8 Å². The third-order valence-corrected chi connectivity index (χ3v) is 2.85. The maximum atomic E-state index is 11.1. The highest BCUT2D eigenvalue weighted by Crippen LogP contribution is 2.03. The van der Waals surface area contributed by atoms with Crippen LogP contribution in [0.2, 0.25) is 0 Å². The zero-order valence-corrected chi connectivity index (χ0v) is 11.4. The number of carbonyl (C=O) groups is 1. The summed E-state index contributed by atoms with van der Waals surface area (Å²) in [6.45, 7) is 9.53. The molecule has 0 atom stereocenters. The first-order valence-electron chi connectivity index (χ1n) is 4.93. The molecule has 13 heavy (non-hydrogen) atoms. The molecule has 0 aromatic carbocycles. The minimum absolute atomic E-state index is 0. The Morgan fingerprint density at radius 3 is 1.92 bits per heavy atom. The van der Waals surface area contributed by atoms with Crippen LogP contribution in [0.3, 0.4) is 0 Å². The normalized spacial score (nSPS) is 10.8. The average molecular weight is 299 g/mol. The smallest absolute Gasteiger partial charge is 0.138 e. The van der Waals surface area contributed by atoms with E-state index in [4.69, 9.17) is 0 Å². The number of nitrogens with zero attached hydrogens (tertiary/aromatic N) is 1. The zero-order valence-electron chi connectivity index (χ0n) is 9.27. The van der Waals surface area contributed by atoms with Gasteiger partial charge in [0.1, 0.15) is 5.78 Å². The second-order valence-electron chi connectivity index (χ2n) is 3.62. The van der Waals surface area contributed by atoms with E-state index in [-0.39, 0.29) is 24.0 Å². The van der Waals surface area contributed by atoms with Crippen molar-refractivity contribution in [2.24, 2.45) is 0 Å². The van der Waals surface area contributed by atoms with Gasteiger partial charge < -0.3 is 28.5 Å². The Kier molecular flexibility index (Phi) is 9.41. The molecular weight excluding hydrogens is 277 g/mol. The third kappa shape index (κ3) is 6.43. The first-order chi connectivity index (χ1) is 5.58. The molecule has 0 aromatic rings. The first-order valence-corrected chi connectivity index (χ1v) is 4.93. The summed E-state index contributed by atoms with van der Waals surface area (Å²) in [6.07, 6.45) is 1.43. The molecule has 3 heteroatoms. The number of rotatable bonds is 6. The van der Waals surface area contributed by atoms with E-state index in [1.54, 1.807) is 0 Å². The van der Waals surface area contributed by atoms with Crippen molar-refractivity contribution in [2.75, 3.05) is 26.7 Å². The highest BCUT2D eigenvalue weighted by molar-refractivity contribution is 5.78. The van der Waals surface area contributed by atoms with Crippen LogP contribution >= 0.6 is 0 Å². The van der Waals surface area contributed by atoms with Crippen LogP contribution in [0.1, 0.15) is 33.6 Å². The maximum Gasteiger partial charge on any atom is 0.138 e. The summed E-state index contributed by atoms with van der Waals surface area (Å²) >= 11 is 0. The second-order valence-corrected chi connectivity index (χ2v) is 3.62. The topological polar surface area (TPSA) is 17.1 Å². The molecule has 0 spiro atoms. The number of quaternary nitrogens is 1. The number of ketones is 1. The number of hydrogen-bond donors (Lipinski definition) is 0. The summed E-state index contributed by atoms with van der Waals surface area (Å²) in [7, 11) is 2.21. The summed E-state index contributed by atoms with van der Waals surface area (Å²) in [5.41, 5.74) is 0. The molecule has 0 saturated heterocycles. The van der Waals surface area contributed by atoms with Crippen molar-refractivity contribution in [1.29, 1.82) is 0 Å². The van der Waals surface area contributed by atoms with Crippen LogP contribution in [0, 0.1) is 0 Å². The SMILES string of the molecule is CCC(=O)CC[N+](C)(CC)CC.[I-]. The van der Waals surface area contributed by atoms with Crippen molar-refractivity contribution >= 4 is 5.78 Å². The van der Waals surface area contributed by atoms with Crippen molar-refractivity contribution in [3.8, 4) is 0 Å². The van der Waals surface area contributed by atoms with Crippen LogP contribution < -0.4 is 24.0 Å². The Balaban J connectivity index is 0. The van der Waals surface area contributed by atoms with E-state index in [2.05, 4.69) is 20.9 Å². The van der Waals surface area contributed by atoms with Gasteiger partial charge in [0.2, 0.25) is 0 Å². The molecule has 2 nitrogen and oxygen atoms in total. The summed E-state index contributed by atoms with van der Waals surface area (Å²) in [6, 6.07) is 0. The van der Waals surface area contributed by atoms with Crippen molar-refractivity contribution in [1.82, 2.24) is 0 Å². The van der Waals surface area contributed by atoms with E-state index in [0.29, 0.717) is 12.2 Å². The van der Waals surface area contributed by atoms with E-state index in [9.17, 15) is 4.79 Å². The van der Waals surface area contributed by atoms with Crippen LogP contribution in [-0.2, 0) is 4.79 Å². The van der Waals surface area contributed by atoms with Gasteiger partial charge in [0, 0.05) is 6.42 Å². The maximum absolute atomic E-state index is 11.1. The van der Waals surface area contributed by atoms with E-state index < -0.39 is 0 Å². The lowest BCUT2D eigenvalue weighted by Crippen LogP contribution is -3.00. The molecule has 80 valence electrons. The molecule has 0 aliphatic rings. The van der Waals surface area contributed by atoms with E-state index in [1.165, 1.54) is 0 Å². The van der Waals surface area contributed by atoms with Crippen molar-refractivity contribution < 1.29 is 33.3 Å². The zero-order chi connectivity index (χ0) is 9.61. The van der Waals surface area contributed by atoms with Crippen LogP contribution in [-0.4, -0.2) is 36.9 Å². The van der Waals surface area contributed by atoms with Gasteiger partial charge in [0.15, 0.2) is 0 Å². The lowest BCUT2D eigenvalue weighted by atomic mass is 10.2. The highest BCUT2D eigenvalue weighted by Gasteiger charge is 2.16. The number of carbonyl (C=O) groups excluding carboxylic acids is 1. The molecule has 0 rings (SSSR count). The van der Waals surface area contributed by atoms with Gasteiger partial charge in [-0.25, -0.2) is 0 Å². The molecule has 0 heterocycles. The van der Waals surface area contributed by atoms with Crippen LogP contribution in [0.4, 0.5) is 0 Å².